The van der Waals surface area contributed by atoms with Crippen molar-refractivity contribution in [3.05, 3.63) is 90.0 Å². The first-order valence-corrected chi connectivity index (χ1v) is 13.2. The summed E-state index contributed by atoms with van der Waals surface area (Å²) in [4.78, 5) is 3.82. The molecule has 0 saturated carbocycles. The predicted octanol–water partition coefficient (Wildman–Crippen LogP) is 4.61. The molecule has 1 heterocycles. The van der Waals surface area contributed by atoms with Crippen molar-refractivity contribution in [2.75, 3.05) is 42.9 Å². The number of rotatable bonds is 8. The predicted molar refractivity (Wildman–Crippen MR) is 135 cm³/mol. The molecule has 0 radical (unpaired) electrons. The summed E-state index contributed by atoms with van der Waals surface area (Å²) in [6, 6.07) is 24.0. The van der Waals surface area contributed by atoms with E-state index < -0.39 is 22.6 Å². The second-order valence-corrected chi connectivity index (χ2v) is 10.3. The number of nitrogens with two attached hydrogens (primary N) is 1. The molecule has 3 N–H and O–H groups in total. The number of nitrogens with one attached hydrogen (secondary N) is 1. The number of sulfonamides is 1. The van der Waals surface area contributed by atoms with E-state index in [1.54, 1.807) is 17.0 Å². The highest BCUT2D eigenvalue weighted by molar-refractivity contribution is 7.89. The quantitative estimate of drug-likeness (QED) is 0.455. The molecule has 0 unspecified atom stereocenters. The number of hydrogen-bond acceptors (Lipinski definition) is 5. The minimum absolute atomic E-state index is 0.0214. The summed E-state index contributed by atoms with van der Waals surface area (Å²) in [5, 5.41) is 8.94. The molecule has 3 aromatic carbocycles. The molecule has 0 aliphatic carbocycles. The molecular formula is C26H29F3N4O2S. The van der Waals surface area contributed by atoms with Gasteiger partial charge in [0.05, 0.1) is 18.2 Å². The zero-order valence-electron chi connectivity index (χ0n) is 19.7. The summed E-state index contributed by atoms with van der Waals surface area (Å²) in [5.41, 5.74) is 3.05. The second-order valence-electron chi connectivity index (χ2n) is 8.82. The largest absolute Gasteiger partial charge is 0.390 e. The van der Waals surface area contributed by atoms with Gasteiger partial charge in [-0.1, -0.05) is 60.7 Å². The van der Waals surface area contributed by atoms with E-state index in [1.807, 2.05) is 65.6 Å². The maximum atomic E-state index is 12.6. The monoisotopic (exact) mass is 518 g/mol. The van der Waals surface area contributed by atoms with E-state index in [0.717, 1.165) is 16.8 Å². The van der Waals surface area contributed by atoms with Crippen molar-refractivity contribution in [1.29, 1.82) is 0 Å². The fourth-order valence-corrected chi connectivity index (χ4v) is 5.08. The number of primary sulfonamides is 1. The Balaban J connectivity index is 1.60. The highest BCUT2D eigenvalue weighted by Crippen LogP contribution is 2.33. The van der Waals surface area contributed by atoms with Crippen LogP contribution in [0, 0.1) is 0 Å². The number of alkyl halides is 3. The molecule has 3 aromatic rings. The van der Waals surface area contributed by atoms with Crippen molar-refractivity contribution in [2.24, 2.45) is 5.14 Å². The number of piperazine rings is 1. The van der Waals surface area contributed by atoms with Gasteiger partial charge in [0.15, 0.2) is 0 Å². The number of halogens is 3. The maximum Gasteiger partial charge on any atom is 0.390 e. The Morgan fingerprint density at radius 1 is 0.861 bits per heavy atom. The minimum Gasteiger partial charge on any atom is -0.373 e. The summed E-state index contributed by atoms with van der Waals surface area (Å²) in [6.45, 7) is 2.03. The smallest absolute Gasteiger partial charge is 0.373 e. The molecule has 0 aromatic heterocycles. The van der Waals surface area contributed by atoms with Crippen molar-refractivity contribution >= 4 is 21.4 Å². The van der Waals surface area contributed by atoms with Crippen LogP contribution < -0.4 is 15.4 Å². The normalized spacial score (nSPS) is 15.3. The summed E-state index contributed by atoms with van der Waals surface area (Å²) in [5.74, 6) is 0. The van der Waals surface area contributed by atoms with Gasteiger partial charge in [-0.2, -0.15) is 13.2 Å². The van der Waals surface area contributed by atoms with Crippen LogP contribution in [-0.2, 0) is 10.0 Å². The van der Waals surface area contributed by atoms with Gasteiger partial charge in [0.1, 0.15) is 4.90 Å². The lowest BCUT2D eigenvalue weighted by molar-refractivity contribution is -0.138. The maximum absolute atomic E-state index is 12.6. The highest BCUT2D eigenvalue weighted by Gasteiger charge is 2.29. The molecule has 0 bridgehead atoms. The van der Waals surface area contributed by atoms with Crippen LogP contribution in [0.2, 0.25) is 0 Å². The zero-order chi connectivity index (χ0) is 25.8. The van der Waals surface area contributed by atoms with Crippen molar-refractivity contribution < 1.29 is 21.6 Å². The van der Waals surface area contributed by atoms with E-state index in [2.05, 4.69) is 5.32 Å². The first-order valence-electron chi connectivity index (χ1n) is 11.7. The van der Waals surface area contributed by atoms with Gasteiger partial charge >= 0.3 is 6.18 Å². The molecule has 1 saturated heterocycles. The van der Waals surface area contributed by atoms with Crippen LogP contribution in [0.15, 0.2) is 83.8 Å². The van der Waals surface area contributed by atoms with Crippen LogP contribution in [0.4, 0.5) is 24.5 Å². The number of nitrogens with zero attached hydrogens (tertiary/aromatic N) is 2. The van der Waals surface area contributed by atoms with Gasteiger partial charge in [-0.15, -0.1) is 0 Å². The van der Waals surface area contributed by atoms with Crippen LogP contribution in [0.5, 0.6) is 0 Å². The average molecular weight is 519 g/mol. The highest BCUT2D eigenvalue weighted by atomic mass is 32.2. The van der Waals surface area contributed by atoms with Crippen molar-refractivity contribution in [2.45, 2.75) is 23.5 Å². The van der Waals surface area contributed by atoms with Gasteiger partial charge < -0.3 is 10.2 Å². The lowest BCUT2D eigenvalue weighted by Crippen LogP contribution is -2.47. The van der Waals surface area contributed by atoms with E-state index in [4.69, 9.17) is 5.14 Å². The van der Waals surface area contributed by atoms with Crippen molar-refractivity contribution in [3.63, 3.8) is 0 Å². The molecule has 0 amide bonds. The van der Waals surface area contributed by atoms with Gasteiger partial charge in [-0.25, -0.2) is 13.6 Å². The molecule has 6 nitrogen and oxygen atoms in total. The zero-order valence-corrected chi connectivity index (χ0v) is 20.5. The molecule has 1 fully saturated rings. The first kappa shape index (κ1) is 26.0. The van der Waals surface area contributed by atoms with E-state index in [9.17, 15) is 21.6 Å². The number of benzene rings is 3. The first-order chi connectivity index (χ1) is 17.1. The van der Waals surface area contributed by atoms with Crippen molar-refractivity contribution in [3.8, 4) is 0 Å². The Morgan fingerprint density at radius 3 is 1.92 bits per heavy atom. The Bertz CT molecular complexity index is 1210. The fraction of sp³-hybridized carbons (Fsp3) is 0.308. The average Bonchev–Trinajstić information content (AvgIpc) is 2.86. The fourth-order valence-electron chi connectivity index (χ4n) is 4.40. The van der Waals surface area contributed by atoms with Gasteiger partial charge in [0, 0.05) is 38.4 Å². The summed E-state index contributed by atoms with van der Waals surface area (Å²) in [6.07, 6.45) is -5.00. The summed E-state index contributed by atoms with van der Waals surface area (Å²) in [7, 11) is -4.02. The molecular weight excluding hydrogens is 489 g/mol. The van der Waals surface area contributed by atoms with Crippen LogP contribution in [0.25, 0.3) is 0 Å². The summed E-state index contributed by atoms with van der Waals surface area (Å²) < 4.78 is 62.6. The van der Waals surface area contributed by atoms with Crippen molar-refractivity contribution in [1.82, 2.24) is 4.90 Å². The molecule has 0 spiro atoms. The Labute approximate surface area is 209 Å². The molecule has 1 aliphatic rings. The Morgan fingerprint density at radius 2 is 1.42 bits per heavy atom. The van der Waals surface area contributed by atoms with Crippen LogP contribution in [-0.4, -0.2) is 52.2 Å². The number of anilines is 2. The Kier molecular flexibility index (Phi) is 7.87. The SMILES string of the molecule is NS(=O)(=O)c1ccc(N2CCN(CCC(F)(F)F)CC2)cc1NC(c1ccccc1)c1ccccc1. The standard InChI is InChI=1S/C26H29F3N4O2S/c27-26(28,29)13-14-32-15-17-33(18-16-32)22-11-12-24(36(30,34)35)23(19-22)31-25(20-7-3-1-4-8-20)21-9-5-2-6-10-21/h1-12,19,25,31H,13-18H2,(H2,30,34,35). The van der Waals surface area contributed by atoms with E-state index >= 15 is 0 Å². The third-order valence-electron chi connectivity index (χ3n) is 6.28. The molecule has 36 heavy (non-hydrogen) atoms. The van der Waals surface area contributed by atoms with Crippen LogP contribution in [0.3, 0.4) is 0 Å². The van der Waals surface area contributed by atoms with Crippen LogP contribution >= 0.6 is 0 Å². The molecule has 10 heteroatoms. The van der Waals surface area contributed by atoms with Gasteiger partial charge in [-0.05, 0) is 29.3 Å². The lowest BCUT2D eigenvalue weighted by atomic mass is 9.98. The third-order valence-corrected chi connectivity index (χ3v) is 7.25. The summed E-state index contributed by atoms with van der Waals surface area (Å²) >= 11 is 0. The van der Waals surface area contributed by atoms with E-state index in [0.29, 0.717) is 31.9 Å². The molecule has 192 valence electrons. The topological polar surface area (TPSA) is 78.7 Å². The Hall–Kier alpha value is -3.08. The molecule has 0 atom stereocenters. The number of hydrogen-bond donors (Lipinski definition) is 2. The second kappa shape index (κ2) is 10.9. The molecule has 1 aliphatic heterocycles. The van der Waals surface area contributed by atoms with E-state index in [1.165, 1.54) is 6.07 Å². The third kappa shape index (κ3) is 6.77. The molecule has 4 rings (SSSR count). The lowest BCUT2D eigenvalue weighted by Gasteiger charge is -2.36. The van der Waals surface area contributed by atoms with E-state index in [-0.39, 0.29) is 17.5 Å². The van der Waals surface area contributed by atoms with Gasteiger partial charge in [-0.3, -0.25) is 4.90 Å². The minimum atomic E-state index is -4.17. The van der Waals surface area contributed by atoms with Gasteiger partial charge in [0.25, 0.3) is 0 Å². The van der Waals surface area contributed by atoms with Gasteiger partial charge in [0.2, 0.25) is 10.0 Å². The van der Waals surface area contributed by atoms with Crippen LogP contribution in [0.1, 0.15) is 23.6 Å².